The molecule has 0 saturated carbocycles. The first-order valence-corrected chi connectivity index (χ1v) is 7.10. The molecule has 0 amide bonds. The number of hydrogen-bond acceptors (Lipinski definition) is 3. The van der Waals surface area contributed by atoms with Crippen LogP contribution in [0.4, 0.5) is 8.78 Å². The largest absolute Gasteiger partial charge is 0.487 e. The molecule has 3 nitrogen and oxygen atoms in total. The smallest absolute Gasteiger partial charge is 0.190 e. The Labute approximate surface area is 118 Å². The molecule has 1 aromatic rings. The third-order valence-corrected chi connectivity index (χ3v) is 3.44. The highest BCUT2D eigenvalue weighted by atomic mass is 19.1. The lowest BCUT2D eigenvalue weighted by Gasteiger charge is -2.22. The van der Waals surface area contributed by atoms with Gasteiger partial charge in [-0.3, -0.25) is 0 Å². The summed E-state index contributed by atoms with van der Waals surface area (Å²) in [7, 11) is 0. The Kier molecular flexibility index (Phi) is 5.73. The van der Waals surface area contributed by atoms with Crippen molar-refractivity contribution < 1.29 is 18.3 Å². The lowest BCUT2D eigenvalue weighted by molar-refractivity contribution is 0.0485. The summed E-state index contributed by atoms with van der Waals surface area (Å²) < 4.78 is 38.3. The van der Waals surface area contributed by atoms with E-state index in [0.717, 1.165) is 19.4 Å². The summed E-state index contributed by atoms with van der Waals surface area (Å²) in [5.41, 5.74) is 0.584. The molecule has 0 aliphatic carbocycles. The van der Waals surface area contributed by atoms with Crippen LogP contribution in [0.25, 0.3) is 0 Å². The standard InChI is InChI=1S/C15H21F2NO2/c1-2-18-9-12-7-13(16)15(14(17)8-12)20-10-11-3-5-19-6-4-11/h7-8,11,18H,2-6,9-10H2,1H3. The number of benzene rings is 1. The molecular formula is C15H21F2NO2. The number of nitrogens with one attached hydrogen (secondary N) is 1. The van der Waals surface area contributed by atoms with Crippen molar-refractivity contribution >= 4 is 0 Å². The molecule has 2 rings (SSSR count). The second-order valence-corrected chi connectivity index (χ2v) is 5.04. The van der Waals surface area contributed by atoms with E-state index in [1.165, 1.54) is 12.1 Å². The molecule has 1 heterocycles. The molecule has 1 aliphatic rings. The van der Waals surface area contributed by atoms with Gasteiger partial charge >= 0.3 is 0 Å². The van der Waals surface area contributed by atoms with Gasteiger partial charge in [-0.05, 0) is 43.0 Å². The summed E-state index contributed by atoms with van der Waals surface area (Å²) in [5.74, 6) is -1.23. The minimum absolute atomic E-state index is 0.267. The highest BCUT2D eigenvalue weighted by Gasteiger charge is 2.18. The molecule has 1 fully saturated rings. The lowest BCUT2D eigenvalue weighted by atomic mass is 10.0. The van der Waals surface area contributed by atoms with E-state index in [9.17, 15) is 8.78 Å². The van der Waals surface area contributed by atoms with E-state index in [2.05, 4.69) is 5.32 Å². The Bertz CT molecular complexity index is 411. The van der Waals surface area contributed by atoms with Crippen LogP contribution in [0.2, 0.25) is 0 Å². The first kappa shape index (κ1) is 15.2. The van der Waals surface area contributed by atoms with Crippen LogP contribution >= 0.6 is 0 Å². The highest BCUT2D eigenvalue weighted by molar-refractivity contribution is 5.31. The first-order valence-electron chi connectivity index (χ1n) is 7.10. The van der Waals surface area contributed by atoms with E-state index in [-0.39, 0.29) is 5.75 Å². The SMILES string of the molecule is CCNCc1cc(F)c(OCC2CCOCC2)c(F)c1. The molecule has 1 saturated heterocycles. The van der Waals surface area contributed by atoms with Crippen LogP contribution < -0.4 is 10.1 Å². The molecule has 0 spiro atoms. The molecule has 0 radical (unpaired) electrons. The van der Waals surface area contributed by atoms with Crippen molar-refractivity contribution in [1.82, 2.24) is 5.32 Å². The van der Waals surface area contributed by atoms with Gasteiger partial charge < -0.3 is 14.8 Å². The minimum Gasteiger partial charge on any atom is -0.487 e. The maximum absolute atomic E-state index is 13.9. The van der Waals surface area contributed by atoms with Gasteiger partial charge in [0.15, 0.2) is 17.4 Å². The Hall–Kier alpha value is -1.20. The van der Waals surface area contributed by atoms with Crippen LogP contribution in [-0.4, -0.2) is 26.4 Å². The third kappa shape index (κ3) is 4.15. The molecule has 20 heavy (non-hydrogen) atoms. The van der Waals surface area contributed by atoms with Gasteiger partial charge in [-0.1, -0.05) is 6.92 Å². The number of hydrogen-bond donors (Lipinski definition) is 1. The van der Waals surface area contributed by atoms with E-state index in [0.29, 0.717) is 37.8 Å². The van der Waals surface area contributed by atoms with E-state index >= 15 is 0 Å². The van der Waals surface area contributed by atoms with Gasteiger partial charge in [0.2, 0.25) is 0 Å². The molecule has 1 aliphatic heterocycles. The summed E-state index contributed by atoms with van der Waals surface area (Å²) in [5, 5.41) is 3.03. The lowest BCUT2D eigenvalue weighted by Crippen LogP contribution is -2.22. The minimum atomic E-state index is -0.634. The Morgan fingerprint density at radius 3 is 2.50 bits per heavy atom. The van der Waals surface area contributed by atoms with E-state index < -0.39 is 11.6 Å². The van der Waals surface area contributed by atoms with Crippen molar-refractivity contribution in [3.63, 3.8) is 0 Å². The highest BCUT2D eigenvalue weighted by Crippen LogP contribution is 2.25. The fraction of sp³-hybridized carbons (Fsp3) is 0.600. The van der Waals surface area contributed by atoms with Crippen LogP contribution in [0.15, 0.2) is 12.1 Å². The fourth-order valence-electron chi connectivity index (χ4n) is 2.24. The predicted octanol–water partition coefficient (Wildman–Crippen LogP) is 2.88. The molecular weight excluding hydrogens is 264 g/mol. The summed E-state index contributed by atoms with van der Waals surface area (Å²) in [6.45, 7) is 4.87. The second kappa shape index (κ2) is 7.55. The van der Waals surface area contributed by atoms with Crippen LogP contribution in [0.3, 0.4) is 0 Å². The van der Waals surface area contributed by atoms with Crippen molar-refractivity contribution in [2.75, 3.05) is 26.4 Å². The van der Waals surface area contributed by atoms with Gasteiger partial charge in [-0.25, -0.2) is 8.78 Å². The van der Waals surface area contributed by atoms with Gasteiger partial charge in [0, 0.05) is 19.8 Å². The quantitative estimate of drug-likeness (QED) is 0.872. The maximum atomic E-state index is 13.9. The molecule has 1 N–H and O–H groups in total. The molecule has 112 valence electrons. The van der Waals surface area contributed by atoms with E-state index in [4.69, 9.17) is 9.47 Å². The molecule has 0 atom stereocenters. The van der Waals surface area contributed by atoms with Gasteiger partial charge in [0.1, 0.15) is 0 Å². The molecule has 0 aromatic heterocycles. The fourth-order valence-corrected chi connectivity index (χ4v) is 2.24. The Morgan fingerprint density at radius 2 is 1.90 bits per heavy atom. The van der Waals surface area contributed by atoms with Crippen molar-refractivity contribution in [2.45, 2.75) is 26.3 Å². The number of rotatable bonds is 6. The van der Waals surface area contributed by atoms with E-state index in [1.807, 2.05) is 6.92 Å². The summed E-state index contributed by atoms with van der Waals surface area (Å²) >= 11 is 0. The van der Waals surface area contributed by atoms with Gasteiger partial charge in [-0.15, -0.1) is 0 Å². The average Bonchev–Trinajstić information content (AvgIpc) is 2.45. The average molecular weight is 285 g/mol. The summed E-state index contributed by atoms with van der Waals surface area (Å²) in [4.78, 5) is 0. The third-order valence-electron chi connectivity index (χ3n) is 3.44. The van der Waals surface area contributed by atoms with Crippen LogP contribution in [0.1, 0.15) is 25.3 Å². The molecule has 5 heteroatoms. The van der Waals surface area contributed by atoms with E-state index in [1.54, 1.807) is 0 Å². The van der Waals surface area contributed by atoms with Crippen molar-refractivity contribution in [1.29, 1.82) is 0 Å². The summed E-state index contributed by atoms with van der Waals surface area (Å²) in [6.07, 6.45) is 1.75. The molecule has 0 unspecified atom stereocenters. The first-order chi connectivity index (χ1) is 9.70. The zero-order valence-corrected chi connectivity index (χ0v) is 11.8. The summed E-state index contributed by atoms with van der Waals surface area (Å²) in [6, 6.07) is 2.65. The Balaban J connectivity index is 1.96. The second-order valence-electron chi connectivity index (χ2n) is 5.04. The van der Waals surface area contributed by atoms with Crippen LogP contribution in [-0.2, 0) is 11.3 Å². The van der Waals surface area contributed by atoms with Gasteiger partial charge in [0.05, 0.1) is 6.61 Å². The van der Waals surface area contributed by atoms with Crippen molar-refractivity contribution in [3.8, 4) is 5.75 Å². The maximum Gasteiger partial charge on any atom is 0.190 e. The molecule has 1 aromatic carbocycles. The van der Waals surface area contributed by atoms with Crippen molar-refractivity contribution in [2.24, 2.45) is 5.92 Å². The van der Waals surface area contributed by atoms with Crippen LogP contribution in [0.5, 0.6) is 5.75 Å². The number of halogens is 2. The topological polar surface area (TPSA) is 30.5 Å². The zero-order chi connectivity index (χ0) is 14.4. The van der Waals surface area contributed by atoms with Gasteiger partial charge in [-0.2, -0.15) is 0 Å². The molecule has 0 bridgehead atoms. The zero-order valence-electron chi connectivity index (χ0n) is 11.8. The van der Waals surface area contributed by atoms with Crippen LogP contribution in [0, 0.1) is 17.6 Å². The van der Waals surface area contributed by atoms with Gasteiger partial charge in [0.25, 0.3) is 0 Å². The van der Waals surface area contributed by atoms with Crippen molar-refractivity contribution in [3.05, 3.63) is 29.3 Å². The Morgan fingerprint density at radius 1 is 1.25 bits per heavy atom. The predicted molar refractivity (Wildman–Crippen MR) is 72.8 cm³/mol. The normalized spacial score (nSPS) is 16.4. The number of ether oxygens (including phenoxy) is 2. The monoisotopic (exact) mass is 285 g/mol.